The van der Waals surface area contributed by atoms with E-state index in [9.17, 15) is 13.2 Å². The van der Waals surface area contributed by atoms with Crippen LogP contribution in [0.4, 0.5) is 13.2 Å². The fraction of sp³-hybridized carbons (Fsp3) is 0.600. The number of aryl methyl sites for hydroxylation is 2. The van der Waals surface area contributed by atoms with E-state index in [0.717, 1.165) is 49.1 Å². The maximum atomic E-state index is 12.8. The molecule has 0 radical (unpaired) electrons. The quantitative estimate of drug-likeness (QED) is 0.297. The second-order valence-electron chi connectivity index (χ2n) is 5.14. The molecule has 21 heavy (non-hydrogen) atoms. The summed E-state index contributed by atoms with van der Waals surface area (Å²) in [5.41, 5.74) is 0.955. The summed E-state index contributed by atoms with van der Waals surface area (Å²) in [4.78, 5) is 0. The van der Waals surface area contributed by atoms with Crippen LogP contribution < -0.4 is 21.5 Å². The Morgan fingerprint density at radius 2 is 1.90 bits per heavy atom. The van der Waals surface area contributed by atoms with Gasteiger partial charge in [0.1, 0.15) is 0 Å². The molecule has 1 aliphatic rings. The average Bonchev–Trinajstić information content (AvgIpc) is 2.43. The molecule has 0 atom stereocenters. The first-order valence-electron chi connectivity index (χ1n) is 7.05. The van der Waals surface area contributed by atoms with Gasteiger partial charge in [0.15, 0.2) is 0 Å². The first-order valence-corrected chi connectivity index (χ1v) is 9.54. The summed E-state index contributed by atoms with van der Waals surface area (Å²) in [6.07, 6.45) is -2.55. The van der Waals surface area contributed by atoms with Gasteiger partial charge in [0, 0.05) is 0 Å². The van der Waals surface area contributed by atoms with Crippen LogP contribution >= 0.6 is 0 Å². The Morgan fingerprint density at radius 1 is 1.19 bits per heavy atom. The van der Waals surface area contributed by atoms with Gasteiger partial charge < -0.3 is 0 Å². The third-order valence-electron chi connectivity index (χ3n) is 3.27. The van der Waals surface area contributed by atoms with Crippen molar-refractivity contribution in [2.24, 2.45) is 0 Å². The molecule has 0 saturated carbocycles. The normalized spacial score (nSPS) is 17.3. The molecule has 0 aliphatic carbocycles. The Balaban J connectivity index is 1.81. The number of halogens is 4. The number of morpholine rings is 1. The van der Waals surface area contributed by atoms with Crippen molar-refractivity contribution in [1.29, 1.82) is 0 Å². The standard InChI is InChI=1S/C15H20F3INO/c1-12-9-13(11-14(10-12)15(16,17)18)3-2-4-19-20-5-7-21-8-6-20/h9-11H,2-8H2,1H3/q-1. The van der Waals surface area contributed by atoms with Crippen molar-refractivity contribution in [3.8, 4) is 0 Å². The second-order valence-corrected chi connectivity index (χ2v) is 8.26. The van der Waals surface area contributed by atoms with Gasteiger partial charge in [-0.05, 0) is 0 Å². The van der Waals surface area contributed by atoms with E-state index in [1.54, 1.807) is 6.92 Å². The van der Waals surface area contributed by atoms with Crippen LogP contribution in [0.25, 0.3) is 0 Å². The summed E-state index contributed by atoms with van der Waals surface area (Å²) in [5.74, 6) is 0. The molecule has 6 heteroatoms. The summed E-state index contributed by atoms with van der Waals surface area (Å²) < 4.78 is 47.2. The average molecular weight is 414 g/mol. The number of benzene rings is 1. The van der Waals surface area contributed by atoms with Gasteiger partial charge in [0.2, 0.25) is 0 Å². The van der Waals surface area contributed by atoms with Gasteiger partial charge in [0.25, 0.3) is 0 Å². The van der Waals surface area contributed by atoms with Crippen molar-refractivity contribution in [1.82, 2.24) is 3.11 Å². The molecule has 0 aromatic heterocycles. The van der Waals surface area contributed by atoms with Gasteiger partial charge >= 0.3 is 134 Å². The molecule has 1 aliphatic heterocycles. The molecule has 0 N–H and O–H groups in total. The van der Waals surface area contributed by atoms with Crippen molar-refractivity contribution < 1.29 is 39.4 Å². The van der Waals surface area contributed by atoms with Crippen LogP contribution in [0, 0.1) is 6.92 Å². The number of hydrogen-bond donors (Lipinski definition) is 0. The minimum absolute atomic E-state index is 0.00240. The van der Waals surface area contributed by atoms with E-state index >= 15 is 0 Å². The van der Waals surface area contributed by atoms with Crippen LogP contribution in [0.15, 0.2) is 18.2 Å². The Hall–Kier alpha value is -0.340. The van der Waals surface area contributed by atoms with Gasteiger partial charge in [-0.3, -0.25) is 0 Å². The van der Waals surface area contributed by atoms with Crippen LogP contribution in [-0.2, 0) is 17.3 Å². The molecular formula is C15H20F3INO-. The molecule has 2 rings (SSSR count). The predicted molar refractivity (Wildman–Crippen MR) is 71.8 cm³/mol. The number of nitrogens with zero attached hydrogens (tertiary/aromatic N) is 1. The van der Waals surface area contributed by atoms with Crippen molar-refractivity contribution in [3.63, 3.8) is 0 Å². The van der Waals surface area contributed by atoms with Crippen molar-refractivity contribution in [2.45, 2.75) is 25.9 Å². The summed E-state index contributed by atoms with van der Waals surface area (Å²) in [6, 6.07) is 4.37. The van der Waals surface area contributed by atoms with Crippen LogP contribution in [-0.4, -0.2) is 33.8 Å². The predicted octanol–water partition coefficient (Wildman–Crippen LogP) is 0.283. The van der Waals surface area contributed by atoms with Gasteiger partial charge in [-0.25, -0.2) is 0 Å². The second kappa shape index (κ2) is 7.78. The molecule has 120 valence electrons. The fourth-order valence-electron chi connectivity index (χ4n) is 2.28. The van der Waals surface area contributed by atoms with E-state index in [1.807, 2.05) is 6.07 Å². The molecule has 1 saturated heterocycles. The molecule has 0 spiro atoms. The molecule has 0 unspecified atom stereocenters. The molecule has 2 nitrogen and oxygen atoms in total. The zero-order valence-corrected chi connectivity index (χ0v) is 14.2. The number of hydrogen-bond acceptors (Lipinski definition) is 2. The van der Waals surface area contributed by atoms with E-state index in [-0.39, 0.29) is 21.5 Å². The van der Waals surface area contributed by atoms with E-state index in [1.165, 1.54) is 12.1 Å². The zero-order valence-electron chi connectivity index (χ0n) is 12.0. The number of ether oxygens (including phenoxy) is 1. The van der Waals surface area contributed by atoms with Crippen molar-refractivity contribution >= 4 is 0 Å². The van der Waals surface area contributed by atoms with Gasteiger partial charge in [-0.1, -0.05) is 0 Å². The third kappa shape index (κ3) is 5.75. The molecule has 1 aromatic carbocycles. The Morgan fingerprint density at radius 3 is 2.57 bits per heavy atom. The monoisotopic (exact) mass is 414 g/mol. The minimum atomic E-state index is -4.25. The topological polar surface area (TPSA) is 12.5 Å². The van der Waals surface area contributed by atoms with Crippen LogP contribution in [0.2, 0.25) is 0 Å². The fourth-order valence-corrected chi connectivity index (χ4v) is 4.76. The molecular weight excluding hydrogens is 394 g/mol. The first-order chi connectivity index (χ1) is 9.95. The SMILES string of the molecule is Cc1cc(CCC[I-]N2CCOCC2)cc(C(F)(F)F)c1. The zero-order chi connectivity index (χ0) is 15.3. The summed E-state index contributed by atoms with van der Waals surface area (Å²) in [6.45, 7) is 5.37. The van der Waals surface area contributed by atoms with Crippen LogP contribution in [0.1, 0.15) is 23.1 Å². The van der Waals surface area contributed by atoms with Crippen molar-refractivity contribution in [2.75, 3.05) is 30.7 Å². The van der Waals surface area contributed by atoms with E-state index in [2.05, 4.69) is 3.11 Å². The van der Waals surface area contributed by atoms with E-state index < -0.39 is 11.7 Å². The van der Waals surface area contributed by atoms with Gasteiger partial charge in [-0.15, -0.1) is 0 Å². The molecule has 1 aromatic rings. The van der Waals surface area contributed by atoms with Crippen LogP contribution in [0.5, 0.6) is 0 Å². The van der Waals surface area contributed by atoms with E-state index in [4.69, 9.17) is 4.74 Å². The Kier molecular flexibility index (Phi) is 6.31. The molecule has 0 bridgehead atoms. The number of rotatable bonds is 5. The van der Waals surface area contributed by atoms with Crippen molar-refractivity contribution in [3.05, 3.63) is 34.9 Å². The van der Waals surface area contributed by atoms with E-state index in [0.29, 0.717) is 5.56 Å². The third-order valence-corrected chi connectivity index (χ3v) is 6.45. The number of alkyl halides is 4. The molecule has 1 heterocycles. The summed E-state index contributed by atoms with van der Waals surface area (Å²) in [5, 5.41) is 0. The maximum absolute atomic E-state index is 12.8. The summed E-state index contributed by atoms with van der Waals surface area (Å²) >= 11 is -0.00240. The van der Waals surface area contributed by atoms with Gasteiger partial charge in [-0.2, -0.15) is 0 Å². The van der Waals surface area contributed by atoms with Crippen LogP contribution in [0.3, 0.4) is 0 Å². The summed E-state index contributed by atoms with van der Waals surface area (Å²) in [7, 11) is 0. The Labute approximate surface area is 134 Å². The Bertz CT molecular complexity index is 459. The molecule has 0 amide bonds. The first kappa shape index (κ1) is 17.0. The van der Waals surface area contributed by atoms with Gasteiger partial charge in [0.05, 0.1) is 0 Å². The molecule has 1 fully saturated rings.